The average molecular weight is 348 g/mol. The van der Waals surface area contributed by atoms with Crippen molar-refractivity contribution in [3.63, 3.8) is 0 Å². The molecule has 0 aliphatic heterocycles. The average Bonchev–Trinajstić information content (AvgIpc) is 2.97. The summed E-state index contributed by atoms with van der Waals surface area (Å²) in [4.78, 5) is 4.90. The summed E-state index contributed by atoms with van der Waals surface area (Å²) in [7, 11) is 0. The molecule has 3 nitrogen and oxygen atoms in total. The van der Waals surface area contributed by atoms with Gasteiger partial charge in [-0.3, -0.25) is 0 Å². The van der Waals surface area contributed by atoms with Crippen molar-refractivity contribution in [2.75, 3.05) is 0 Å². The maximum absolute atomic E-state index is 13.0. The van der Waals surface area contributed by atoms with E-state index in [1.165, 1.54) is 17.5 Å². The molecule has 0 aliphatic rings. The van der Waals surface area contributed by atoms with E-state index in [-0.39, 0.29) is 11.3 Å². The van der Waals surface area contributed by atoms with Crippen LogP contribution in [0.4, 0.5) is 13.2 Å². The monoisotopic (exact) mass is 347 g/mol. The van der Waals surface area contributed by atoms with Crippen molar-refractivity contribution in [1.82, 2.24) is 14.6 Å². The Morgan fingerprint density at radius 2 is 2.11 bits per heavy atom. The molecule has 0 aromatic carbocycles. The van der Waals surface area contributed by atoms with Gasteiger partial charge in [0.2, 0.25) is 0 Å². The molecule has 0 atom stereocenters. The molecule has 0 saturated heterocycles. The molecule has 0 fully saturated rings. The highest BCUT2D eigenvalue weighted by Crippen LogP contribution is 2.34. The second-order valence-electron chi connectivity index (χ2n) is 3.73. The van der Waals surface area contributed by atoms with Crippen molar-refractivity contribution < 1.29 is 13.2 Å². The van der Waals surface area contributed by atoms with Crippen LogP contribution in [0.5, 0.6) is 0 Å². The van der Waals surface area contributed by atoms with Gasteiger partial charge in [0, 0.05) is 0 Å². The zero-order valence-electron chi connectivity index (χ0n) is 9.15. The van der Waals surface area contributed by atoms with E-state index in [1.54, 1.807) is 17.5 Å². The maximum atomic E-state index is 13.0. The van der Waals surface area contributed by atoms with Gasteiger partial charge in [-0.05, 0) is 33.4 Å². The van der Waals surface area contributed by atoms with Crippen molar-refractivity contribution in [1.29, 1.82) is 0 Å². The number of alkyl halides is 3. The lowest BCUT2D eigenvalue weighted by Gasteiger charge is -2.10. The van der Waals surface area contributed by atoms with Gasteiger partial charge in [0.05, 0.1) is 21.2 Å². The SMILES string of the molecule is FC(F)(F)c1cc(-c2cccs2)nc2c(Br)cnn12. The summed E-state index contributed by atoms with van der Waals surface area (Å²) in [5, 5.41) is 5.49. The first-order chi connectivity index (χ1) is 8.97. The highest BCUT2D eigenvalue weighted by molar-refractivity contribution is 9.10. The van der Waals surface area contributed by atoms with Crippen LogP contribution in [0.1, 0.15) is 5.69 Å². The third-order valence-corrected chi connectivity index (χ3v) is 3.94. The first kappa shape index (κ1) is 12.6. The standard InChI is InChI=1S/C11H5BrF3N3S/c12-6-5-16-18-9(11(13,14)15)4-7(17-10(6)18)8-2-1-3-19-8/h1-5H. The lowest BCUT2D eigenvalue weighted by molar-refractivity contribution is -0.142. The van der Waals surface area contributed by atoms with E-state index in [9.17, 15) is 13.2 Å². The zero-order valence-corrected chi connectivity index (χ0v) is 11.6. The normalized spacial score (nSPS) is 12.2. The van der Waals surface area contributed by atoms with Gasteiger partial charge in [0.25, 0.3) is 0 Å². The Morgan fingerprint density at radius 1 is 1.32 bits per heavy atom. The van der Waals surface area contributed by atoms with E-state index in [4.69, 9.17) is 0 Å². The molecule has 3 aromatic heterocycles. The van der Waals surface area contributed by atoms with Crippen LogP contribution < -0.4 is 0 Å². The minimum absolute atomic E-state index is 0.151. The lowest BCUT2D eigenvalue weighted by atomic mass is 10.2. The predicted molar refractivity (Wildman–Crippen MR) is 69.0 cm³/mol. The van der Waals surface area contributed by atoms with E-state index in [1.807, 2.05) is 0 Å². The van der Waals surface area contributed by atoms with Crippen molar-refractivity contribution in [2.45, 2.75) is 6.18 Å². The molecule has 0 radical (unpaired) electrons. The van der Waals surface area contributed by atoms with Gasteiger partial charge < -0.3 is 0 Å². The zero-order chi connectivity index (χ0) is 13.6. The summed E-state index contributed by atoms with van der Waals surface area (Å²) in [6, 6.07) is 4.51. The molecule has 19 heavy (non-hydrogen) atoms. The quantitative estimate of drug-likeness (QED) is 0.659. The second kappa shape index (κ2) is 4.31. The van der Waals surface area contributed by atoms with Crippen molar-refractivity contribution in [3.05, 3.63) is 39.9 Å². The van der Waals surface area contributed by atoms with Gasteiger partial charge in [0.15, 0.2) is 11.3 Å². The molecule has 3 heterocycles. The van der Waals surface area contributed by atoms with Gasteiger partial charge >= 0.3 is 6.18 Å². The smallest absolute Gasteiger partial charge is 0.227 e. The fourth-order valence-electron chi connectivity index (χ4n) is 1.69. The highest BCUT2D eigenvalue weighted by Gasteiger charge is 2.35. The molecular formula is C11H5BrF3N3S. The third-order valence-electron chi connectivity index (χ3n) is 2.49. The Morgan fingerprint density at radius 3 is 2.74 bits per heavy atom. The van der Waals surface area contributed by atoms with Gasteiger partial charge in [-0.25, -0.2) is 9.50 Å². The first-order valence-electron chi connectivity index (χ1n) is 5.12. The van der Waals surface area contributed by atoms with Gasteiger partial charge in [0.1, 0.15) is 0 Å². The number of hydrogen-bond acceptors (Lipinski definition) is 3. The highest BCUT2D eigenvalue weighted by atomic mass is 79.9. The summed E-state index contributed by atoms with van der Waals surface area (Å²) in [6.45, 7) is 0. The van der Waals surface area contributed by atoms with Crippen LogP contribution in [0.2, 0.25) is 0 Å². The summed E-state index contributed by atoms with van der Waals surface area (Å²) in [6.07, 6.45) is -3.19. The molecule has 98 valence electrons. The fraction of sp³-hybridized carbons (Fsp3) is 0.0909. The van der Waals surface area contributed by atoms with E-state index in [2.05, 4.69) is 26.0 Å². The topological polar surface area (TPSA) is 30.2 Å². The number of halogens is 4. The molecule has 0 saturated carbocycles. The molecule has 0 aliphatic carbocycles. The summed E-state index contributed by atoms with van der Waals surface area (Å²) >= 11 is 4.49. The lowest BCUT2D eigenvalue weighted by Crippen LogP contribution is -2.13. The van der Waals surface area contributed by atoms with Crippen LogP contribution in [-0.4, -0.2) is 14.6 Å². The van der Waals surface area contributed by atoms with Crippen LogP contribution in [-0.2, 0) is 6.18 Å². The molecule has 0 bridgehead atoms. The van der Waals surface area contributed by atoms with Crippen LogP contribution in [0, 0.1) is 0 Å². The number of thiophene rings is 1. The Labute approximate surface area is 117 Å². The third kappa shape index (κ3) is 2.14. The Kier molecular flexibility index (Phi) is 2.86. The number of rotatable bonds is 1. The Hall–Kier alpha value is -1.41. The largest absolute Gasteiger partial charge is 0.433 e. The summed E-state index contributed by atoms with van der Waals surface area (Å²) < 4.78 is 40.4. The molecule has 0 N–H and O–H groups in total. The second-order valence-corrected chi connectivity index (χ2v) is 5.53. The fourth-order valence-corrected chi connectivity index (χ4v) is 2.72. The van der Waals surface area contributed by atoms with Gasteiger partial charge in [-0.15, -0.1) is 11.3 Å². The van der Waals surface area contributed by atoms with E-state index < -0.39 is 11.9 Å². The van der Waals surface area contributed by atoms with Crippen LogP contribution in [0.15, 0.2) is 34.2 Å². The molecule has 8 heteroatoms. The molecule has 3 rings (SSSR count). The van der Waals surface area contributed by atoms with E-state index in [0.717, 1.165) is 10.6 Å². The molecule has 0 spiro atoms. The van der Waals surface area contributed by atoms with E-state index in [0.29, 0.717) is 9.35 Å². The maximum Gasteiger partial charge on any atom is 0.433 e. The number of nitrogens with zero attached hydrogens (tertiary/aromatic N) is 3. The van der Waals surface area contributed by atoms with Crippen LogP contribution >= 0.6 is 27.3 Å². The van der Waals surface area contributed by atoms with Crippen molar-refractivity contribution in [2.24, 2.45) is 0 Å². The number of fused-ring (bicyclic) bond motifs is 1. The summed E-state index contributed by atoms with van der Waals surface area (Å²) in [5.41, 5.74) is -0.402. The molecule has 0 amide bonds. The Bertz CT molecular complexity index is 734. The number of aromatic nitrogens is 3. The predicted octanol–water partition coefficient (Wildman–Crippen LogP) is 4.24. The molecule has 3 aromatic rings. The minimum Gasteiger partial charge on any atom is -0.227 e. The Balaban J connectivity index is 2.35. The van der Waals surface area contributed by atoms with Gasteiger partial charge in [-0.2, -0.15) is 18.3 Å². The minimum atomic E-state index is -4.49. The molecular weight excluding hydrogens is 343 g/mol. The van der Waals surface area contributed by atoms with Crippen LogP contribution in [0.25, 0.3) is 16.2 Å². The van der Waals surface area contributed by atoms with Crippen LogP contribution in [0.3, 0.4) is 0 Å². The summed E-state index contributed by atoms with van der Waals surface area (Å²) in [5.74, 6) is 0. The van der Waals surface area contributed by atoms with E-state index >= 15 is 0 Å². The van der Waals surface area contributed by atoms with Crippen molar-refractivity contribution >= 4 is 32.9 Å². The first-order valence-corrected chi connectivity index (χ1v) is 6.79. The molecule has 0 unspecified atom stereocenters. The van der Waals surface area contributed by atoms with Crippen molar-refractivity contribution in [3.8, 4) is 10.6 Å². The van der Waals surface area contributed by atoms with Gasteiger partial charge in [-0.1, -0.05) is 6.07 Å². The number of hydrogen-bond donors (Lipinski definition) is 0.